The third-order valence-electron chi connectivity index (χ3n) is 4.31. The molecule has 7 nitrogen and oxygen atoms in total. The summed E-state index contributed by atoms with van der Waals surface area (Å²) in [7, 11) is -7.10. The van der Waals surface area contributed by atoms with Crippen LogP contribution < -0.4 is 0 Å². The van der Waals surface area contributed by atoms with Crippen LogP contribution in [0.25, 0.3) is 0 Å². The van der Waals surface area contributed by atoms with E-state index in [0.29, 0.717) is 24.3 Å². The molecule has 0 aliphatic carbocycles. The molecule has 1 saturated heterocycles. The van der Waals surface area contributed by atoms with Crippen LogP contribution in [0.1, 0.15) is 32.1 Å². The van der Waals surface area contributed by atoms with Gasteiger partial charge in [0.2, 0.25) is 10.0 Å². The molecule has 0 unspecified atom stereocenters. The molecule has 1 fully saturated rings. The Hall–Kier alpha value is -1.16. The summed E-state index contributed by atoms with van der Waals surface area (Å²) in [5, 5.41) is 9.08. The summed E-state index contributed by atoms with van der Waals surface area (Å²) in [6, 6.07) is 5.16. The van der Waals surface area contributed by atoms with E-state index in [1.165, 1.54) is 28.6 Å². The average Bonchev–Trinajstić information content (AvgIpc) is 2.90. The first-order valence-corrected chi connectivity index (χ1v) is 12.0. The van der Waals surface area contributed by atoms with Crippen LogP contribution in [0.4, 0.5) is 0 Å². The first kappa shape index (κ1) is 21.1. The van der Waals surface area contributed by atoms with Crippen LogP contribution in [0.5, 0.6) is 0 Å². The lowest BCUT2D eigenvalue weighted by molar-refractivity contribution is -0.137. The number of aliphatic carboxylic acids is 1. The van der Waals surface area contributed by atoms with Crippen LogP contribution in [0.3, 0.4) is 0 Å². The number of nitrogens with zero attached hydrogens (tertiary/aromatic N) is 1. The molecule has 0 bridgehead atoms. The van der Waals surface area contributed by atoms with Crippen molar-refractivity contribution < 1.29 is 26.7 Å². The maximum absolute atomic E-state index is 13.0. The Labute approximate surface area is 158 Å². The topological polar surface area (TPSA) is 109 Å². The fourth-order valence-corrected chi connectivity index (χ4v) is 6.61. The van der Waals surface area contributed by atoms with E-state index >= 15 is 0 Å². The molecule has 1 aliphatic heterocycles. The van der Waals surface area contributed by atoms with E-state index in [1.807, 2.05) is 0 Å². The Balaban J connectivity index is 2.16. The van der Waals surface area contributed by atoms with Gasteiger partial charge in [-0.15, -0.1) is 0 Å². The highest BCUT2D eigenvalue weighted by molar-refractivity contribution is 7.92. The Morgan fingerprint density at radius 3 is 2.38 bits per heavy atom. The highest BCUT2D eigenvalue weighted by Crippen LogP contribution is 2.26. The van der Waals surface area contributed by atoms with Crippen molar-refractivity contribution in [1.82, 2.24) is 4.31 Å². The number of carboxylic acids is 1. The van der Waals surface area contributed by atoms with Gasteiger partial charge in [-0.2, -0.15) is 4.31 Å². The summed E-state index contributed by atoms with van der Waals surface area (Å²) in [5.41, 5.74) is 0. The molecule has 1 aromatic carbocycles. The molecule has 0 radical (unpaired) electrons. The number of sulfone groups is 1. The number of hydrogen-bond acceptors (Lipinski definition) is 5. The molecule has 1 heterocycles. The summed E-state index contributed by atoms with van der Waals surface area (Å²) in [4.78, 5) is 10.6. The van der Waals surface area contributed by atoms with Crippen LogP contribution in [-0.4, -0.2) is 56.3 Å². The molecule has 0 amide bonds. The zero-order valence-electron chi connectivity index (χ0n) is 14.2. The maximum atomic E-state index is 13.0. The standard InChI is InChI=1S/C16H22ClNO6S2/c17-13-5-7-15(8-6-13)26(23,24)18(10-3-1-2-4-16(19)20)14-9-11-25(21,22)12-14/h5-8,14H,1-4,9-12H2,(H,19,20)/t14-/m1/s1. The van der Waals surface area contributed by atoms with Crippen LogP contribution >= 0.6 is 11.6 Å². The molecular formula is C16H22ClNO6S2. The Morgan fingerprint density at radius 1 is 1.19 bits per heavy atom. The molecular weight excluding hydrogens is 402 g/mol. The number of unbranched alkanes of at least 4 members (excludes halogenated alkanes) is 2. The lowest BCUT2D eigenvalue weighted by Gasteiger charge is -2.27. The van der Waals surface area contributed by atoms with Crippen LogP contribution in [0.15, 0.2) is 29.2 Å². The normalized spacial score (nSPS) is 19.7. The number of rotatable bonds is 9. The fraction of sp³-hybridized carbons (Fsp3) is 0.562. The van der Waals surface area contributed by atoms with Gasteiger partial charge in [-0.05, 0) is 43.5 Å². The van der Waals surface area contributed by atoms with Gasteiger partial charge in [0.1, 0.15) is 0 Å². The predicted molar refractivity (Wildman–Crippen MR) is 98.5 cm³/mol. The minimum Gasteiger partial charge on any atom is -0.481 e. The maximum Gasteiger partial charge on any atom is 0.303 e. The van der Waals surface area contributed by atoms with E-state index in [1.54, 1.807) is 0 Å². The third-order valence-corrected chi connectivity index (χ3v) is 8.27. The first-order valence-electron chi connectivity index (χ1n) is 8.31. The van der Waals surface area contributed by atoms with Gasteiger partial charge in [-0.3, -0.25) is 4.79 Å². The van der Waals surface area contributed by atoms with Crippen LogP contribution in [0.2, 0.25) is 5.02 Å². The quantitative estimate of drug-likeness (QED) is 0.609. The molecule has 2 rings (SSSR count). The average molecular weight is 424 g/mol. The highest BCUT2D eigenvalue weighted by Gasteiger charge is 2.38. The van der Waals surface area contributed by atoms with E-state index < -0.39 is 31.9 Å². The molecule has 1 aliphatic rings. The molecule has 1 aromatic rings. The molecule has 146 valence electrons. The lowest BCUT2D eigenvalue weighted by atomic mass is 10.2. The summed E-state index contributed by atoms with van der Waals surface area (Å²) < 4.78 is 50.9. The Morgan fingerprint density at radius 2 is 1.85 bits per heavy atom. The molecule has 26 heavy (non-hydrogen) atoms. The molecule has 0 saturated carbocycles. The predicted octanol–water partition coefficient (Wildman–Crippen LogP) is 2.16. The second kappa shape index (κ2) is 8.69. The van der Waals surface area contributed by atoms with Gasteiger partial charge in [-0.1, -0.05) is 18.0 Å². The Bertz CT molecular complexity index is 836. The van der Waals surface area contributed by atoms with Gasteiger partial charge in [-0.25, -0.2) is 16.8 Å². The first-order chi connectivity index (χ1) is 12.1. The number of hydrogen-bond donors (Lipinski definition) is 1. The monoisotopic (exact) mass is 423 g/mol. The third kappa shape index (κ3) is 5.67. The van der Waals surface area contributed by atoms with E-state index in [-0.39, 0.29) is 35.8 Å². The van der Waals surface area contributed by atoms with E-state index in [9.17, 15) is 21.6 Å². The minimum atomic E-state index is -3.86. The molecule has 1 N–H and O–H groups in total. The highest BCUT2D eigenvalue weighted by atomic mass is 35.5. The van der Waals surface area contributed by atoms with Crippen molar-refractivity contribution in [2.24, 2.45) is 0 Å². The number of sulfonamides is 1. The van der Waals surface area contributed by atoms with Crippen molar-refractivity contribution in [2.75, 3.05) is 18.1 Å². The molecule has 0 spiro atoms. The Kier molecular flexibility index (Phi) is 7.06. The van der Waals surface area contributed by atoms with Crippen LogP contribution in [0, 0.1) is 0 Å². The van der Waals surface area contributed by atoms with Crippen molar-refractivity contribution in [3.05, 3.63) is 29.3 Å². The number of halogens is 1. The summed E-state index contributed by atoms with van der Waals surface area (Å²) in [5.74, 6) is -1.10. The zero-order valence-corrected chi connectivity index (χ0v) is 16.6. The van der Waals surface area contributed by atoms with Crippen molar-refractivity contribution in [3.8, 4) is 0 Å². The largest absolute Gasteiger partial charge is 0.481 e. The van der Waals surface area contributed by atoms with Crippen molar-refractivity contribution in [2.45, 2.75) is 43.0 Å². The SMILES string of the molecule is O=C(O)CCCCCN([C@@H]1CCS(=O)(=O)C1)S(=O)(=O)c1ccc(Cl)cc1. The lowest BCUT2D eigenvalue weighted by Crippen LogP contribution is -2.41. The van der Waals surface area contributed by atoms with Gasteiger partial charge < -0.3 is 5.11 Å². The van der Waals surface area contributed by atoms with E-state index in [0.717, 1.165) is 0 Å². The van der Waals surface area contributed by atoms with Crippen molar-refractivity contribution in [3.63, 3.8) is 0 Å². The zero-order chi connectivity index (χ0) is 19.4. The second-order valence-corrected chi connectivity index (χ2v) is 10.9. The van der Waals surface area contributed by atoms with Crippen LogP contribution in [-0.2, 0) is 24.7 Å². The number of benzene rings is 1. The van der Waals surface area contributed by atoms with E-state index in [2.05, 4.69) is 0 Å². The molecule has 10 heteroatoms. The van der Waals surface area contributed by atoms with Gasteiger partial charge in [0.05, 0.1) is 16.4 Å². The fourth-order valence-electron chi connectivity index (χ4n) is 2.96. The molecule has 1 atom stereocenters. The smallest absolute Gasteiger partial charge is 0.303 e. The summed E-state index contributed by atoms with van der Waals surface area (Å²) in [6.45, 7) is 0.158. The van der Waals surface area contributed by atoms with Crippen molar-refractivity contribution >= 4 is 37.4 Å². The summed E-state index contributed by atoms with van der Waals surface area (Å²) in [6.07, 6.45) is 1.77. The van der Waals surface area contributed by atoms with Gasteiger partial charge in [0, 0.05) is 24.0 Å². The van der Waals surface area contributed by atoms with Gasteiger partial charge in [0.25, 0.3) is 0 Å². The number of carbonyl (C=O) groups is 1. The van der Waals surface area contributed by atoms with Gasteiger partial charge in [0.15, 0.2) is 9.84 Å². The second-order valence-electron chi connectivity index (χ2n) is 6.33. The summed E-state index contributed by atoms with van der Waals surface area (Å²) >= 11 is 5.81. The minimum absolute atomic E-state index is 0.0245. The van der Waals surface area contributed by atoms with E-state index in [4.69, 9.17) is 16.7 Å². The number of carboxylic acid groups (broad SMARTS) is 1. The van der Waals surface area contributed by atoms with Crippen molar-refractivity contribution in [1.29, 1.82) is 0 Å². The van der Waals surface area contributed by atoms with Gasteiger partial charge >= 0.3 is 5.97 Å². The molecule has 0 aromatic heterocycles.